The van der Waals surface area contributed by atoms with Crippen LogP contribution in [0.4, 0.5) is 0 Å². The zero-order chi connectivity index (χ0) is 24.0. The Morgan fingerprint density at radius 2 is 1.79 bits per heavy atom. The minimum atomic E-state index is -4.58. The number of hydrazone groups is 1. The largest absolute Gasteiger partial charge is 0.497 e. The molecular formula is C24H24N2O6S. The molecule has 172 valence electrons. The average molecular weight is 469 g/mol. The van der Waals surface area contributed by atoms with E-state index in [-0.39, 0.29) is 28.5 Å². The second kappa shape index (κ2) is 10.3. The van der Waals surface area contributed by atoms with E-state index in [1.165, 1.54) is 19.4 Å². The van der Waals surface area contributed by atoms with E-state index in [0.29, 0.717) is 16.9 Å². The highest BCUT2D eigenvalue weighted by molar-refractivity contribution is 7.86. The number of carbonyl (C=O) groups excluding carboxylic acids is 1. The number of nitrogens with one attached hydrogen (secondary N) is 1. The van der Waals surface area contributed by atoms with E-state index in [1.54, 1.807) is 62.6 Å². The molecule has 33 heavy (non-hydrogen) atoms. The summed E-state index contributed by atoms with van der Waals surface area (Å²) in [7, 11) is -1.70. The summed E-state index contributed by atoms with van der Waals surface area (Å²) in [5, 5.41) is 4.02. The fourth-order valence-corrected chi connectivity index (χ4v) is 4.24. The number of carbonyl (C=O) groups is 1. The maximum absolute atomic E-state index is 12.3. The molecule has 9 heteroatoms. The lowest BCUT2D eigenvalue weighted by Crippen LogP contribution is -2.19. The van der Waals surface area contributed by atoms with Gasteiger partial charge in [-0.1, -0.05) is 36.4 Å². The van der Waals surface area contributed by atoms with Crippen molar-refractivity contribution in [3.05, 3.63) is 77.4 Å². The first-order valence-electron chi connectivity index (χ1n) is 9.93. The minimum absolute atomic E-state index is 0.0332. The van der Waals surface area contributed by atoms with Crippen LogP contribution in [0.2, 0.25) is 0 Å². The number of aryl methyl sites for hydroxylation is 1. The highest BCUT2D eigenvalue weighted by Gasteiger charge is 2.24. The van der Waals surface area contributed by atoms with Crippen LogP contribution in [0.25, 0.3) is 11.1 Å². The number of ether oxygens (including phenoxy) is 2. The Hall–Kier alpha value is -3.69. The Bertz CT molecular complexity index is 1300. The van der Waals surface area contributed by atoms with Crippen molar-refractivity contribution in [2.24, 2.45) is 5.10 Å². The van der Waals surface area contributed by atoms with Crippen molar-refractivity contribution < 1.29 is 27.2 Å². The second-order valence-corrected chi connectivity index (χ2v) is 8.59. The van der Waals surface area contributed by atoms with Crippen molar-refractivity contribution in [3.63, 3.8) is 0 Å². The fourth-order valence-electron chi connectivity index (χ4n) is 3.39. The van der Waals surface area contributed by atoms with E-state index in [1.807, 2.05) is 6.07 Å². The SMILES string of the molecule is COc1cccc(CC(=O)N/N=C/c2ccccc2-c2cc(C)cc(OC)c2S(=O)(=O)O)c1. The molecule has 0 heterocycles. The highest BCUT2D eigenvalue weighted by Crippen LogP contribution is 2.37. The van der Waals surface area contributed by atoms with Crippen LogP contribution in [0.5, 0.6) is 11.5 Å². The Kier molecular flexibility index (Phi) is 7.47. The van der Waals surface area contributed by atoms with Crippen LogP contribution in [0.3, 0.4) is 0 Å². The number of hydrogen-bond acceptors (Lipinski definition) is 6. The molecule has 0 aromatic heterocycles. The Balaban J connectivity index is 1.89. The van der Waals surface area contributed by atoms with Crippen LogP contribution in [-0.4, -0.2) is 39.3 Å². The van der Waals surface area contributed by atoms with Crippen molar-refractivity contribution in [1.29, 1.82) is 0 Å². The molecule has 0 aliphatic carbocycles. The molecule has 3 aromatic rings. The number of methoxy groups -OCH3 is 2. The Labute approximate surface area is 192 Å². The van der Waals surface area contributed by atoms with Crippen LogP contribution in [0.1, 0.15) is 16.7 Å². The van der Waals surface area contributed by atoms with E-state index in [0.717, 1.165) is 11.1 Å². The van der Waals surface area contributed by atoms with Gasteiger partial charge in [-0.2, -0.15) is 13.5 Å². The molecule has 0 spiro atoms. The molecule has 0 aliphatic rings. The standard InChI is InChI=1S/C24H24N2O6S/c1-16-11-21(24(33(28,29)30)22(12-16)32-3)20-10-5-4-8-18(20)15-25-26-23(27)14-17-7-6-9-19(13-17)31-2/h4-13,15H,14H2,1-3H3,(H,26,27)(H,28,29,30)/b25-15+. The van der Waals surface area contributed by atoms with Gasteiger partial charge in [0.05, 0.1) is 26.9 Å². The quantitative estimate of drug-likeness (QED) is 0.297. The number of amides is 1. The highest BCUT2D eigenvalue weighted by atomic mass is 32.2. The molecule has 3 aromatic carbocycles. The van der Waals surface area contributed by atoms with Crippen LogP contribution in [0.15, 0.2) is 70.7 Å². The molecule has 0 atom stereocenters. The predicted molar refractivity (Wildman–Crippen MR) is 125 cm³/mol. The van der Waals surface area contributed by atoms with Crippen molar-refractivity contribution in [2.45, 2.75) is 18.2 Å². The third-order valence-electron chi connectivity index (χ3n) is 4.82. The van der Waals surface area contributed by atoms with Gasteiger partial charge in [-0.05, 0) is 47.9 Å². The van der Waals surface area contributed by atoms with Gasteiger partial charge in [0, 0.05) is 11.1 Å². The maximum atomic E-state index is 12.3. The molecule has 3 rings (SSSR count). The first-order valence-corrected chi connectivity index (χ1v) is 11.4. The van der Waals surface area contributed by atoms with Gasteiger partial charge in [-0.15, -0.1) is 0 Å². The zero-order valence-corrected chi connectivity index (χ0v) is 19.2. The summed E-state index contributed by atoms with van der Waals surface area (Å²) in [6.45, 7) is 1.79. The maximum Gasteiger partial charge on any atom is 0.298 e. The molecule has 0 bridgehead atoms. The summed E-state index contributed by atoms with van der Waals surface area (Å²) < 4.78 is 44.5. The minimum Gasteiger partial charge on any atom is -0.497 e. The van der Waals surface area contributed by atoms with Crippen LogP contribution < -0.4 is 14.9 Å². The number of rotatable bonds is 8. The molecule has 0 fully saturated rings. The molecule has 0 saturated carbocycles. The van der Waals surface area contributed by atoms with Crippen molar-refractivity contribution in [1.82, 2.24) is 5.43 Å². The van der Waals surface area contributed by atoms with Crippen LogP contribution >= 0.6 is 0 Å². The van der Waals surface area contributed by atoms with Crippen molar-refractivity contribution in [3.8, 4) is 22.6 Å². The zero-order valence-electron chi connectivity index (χ0n) is 18.4. The summed E-state index contributed by atoms with van der Waals surface area (Å²) in [4.78, 5) is 11.9. The topological polar surface area (TPSA) is 114 Å². The summed E-state index contributed by atoms with van der Waals surface area (Å²) in [5.41, 5.74) is 5.29. The lowest BCUT2D eigenvalue weighted by Gasteiger charge is -2.15. The fraction of sp³-hybridized carbons (Fsp3) is 0.167. The van der Waals surface area contributed by atoms with E-state index < -0.39 is 10.1 Å². The van der Waals surface area contributed by atoms with Gasteiger partial charge in [-0.3, -0.25) is 9.35 Å². The van der Waals surface area contributed by atoms with E-state index in [2.05, 4.69) is 10.5 Å². The number of nitrogens with zero attached hydrogens (tertiary/aromatic N) is 1. The monoisotopic (exact) mass is 468 g/mol. The van der Waals surface area contributed by atoms with Crippen LogP contribution in [0, 0.1) is 6.92 Å². The molecule has 0 aliphatic heterocycles. The molecule has 8 nitrogen and oxygen atoms in total. The molecule has 0 saturated heterocycles. The Morgan fingerprint density at radius 1 is 1.03 bits per heavy atom. The lowest BCUT2D eigenvalue weighted by atomic mass is 9.98. The van der Waals surface area contributed by atoms with Crippen LogP contribution in [-0.2, 0) is 21.3 Å². The summed E-state index contributed by atoms with van der Waals surface area (Å²) in [5.74, 6) is 0.361. The Morgan fingerprint density at radius 3 is 2.48 bits per heavy atom. The molecule has 0 unspecified atom stereocenters. The van der Waals surface area contributed by atoms with Gasteiger partial charge in [0.25, 0.3) is 10.1 Å². The van der Waals surface area contributed by atoms with E-state index in [9.17, 15) is 17.8 Å². The lowest BCUT2D eigenvalue weighted by molar-refractivity contribution is -0.120. The van der Waals surface area contributed by atoms with Gasteiger partial charge in [0.15, 0.2) is 0 Å². The molecule has 2 N–H and O–H groups in total. The molecule has 1 amide bonds. The van der Waals surface area contributed by atoms with Gasteiger partial charge < -0.3 is 9.47 Å². The predicted octanol–water partition coefficient (Wildman–Crippen LogP) is 3.62. The van der Waals surface area contributed by atoms with Gasteiger partial charge in [-0.25, -0.2) is 5.43 Å². The third-order valence-corrected chi connectivity index (χ3v) is 5.76. The third kappa shape index (κ3) is 5.97. The summed E-state index contributed by atoms with van der Waals surface area (Å²) in [6, 6.07) is 17.2. The number of benzene rings is 3. The molecular weight excluding hydrogens is 444 g/mol. The smallest absolute Gasteiger partial charge is 0.298 e. The molecule has 0 radical (unpaired) electrons. The normalized spacial score (nSPS) is 11.4. The van der Waals surface area contributed by atoms with Gasteiger partial charge >= 0.3 is 0 Å². The van der Waals surface area contributed by atoms with E-state index in [4.69, 9.17) is 9.47 Å². The second-order valence-electron chi connectivity index (χ2n) is 7.23. The van der Waals surface area contributed by atoms with Gasteiger partial charge in [0.1, 0.15) is 16.4 Å². The number of hydrogen-bond donors (Lipinski definition) is 2. The first-order chi connectivity index (χ1) is 15.7. The van der Waals surface area contributed by atoms with Gasteiger partial charge in [0.2, 0.25) is 5.91 Å². The summed E-state index contributed by atoms with van der Waals surface area (Å²) in [6.07, 6.45) is 1.53. The first kappa shape index (κ1) is 24.0. The van der Waals surface area contributed by atoms with Crippen molar-refractivity contribution in [2.75, 3.05) is 14.2 Å². The summed E-state index contributed by atoms with van der Waals surface area (Å²) >= 11 is 0. The van der Waals surface area contributed by atoms with E-state index >= 15 is 0 Å². The average Bonchev–Trinajstić information content (AvgIpc) is 2.78. The van der Waals surface area contributed by atoms with Crippen molar-refractivity contribution >= 4 is 22.2 Å².